The summed E-state index contributed by atoms with van der Waals surface area (Å²) in [6.07, 6.45) is 5.37. The number of benzene rings is 1. The highest BCUT2D eigenvalue weighted by Crippen LogP contribution is 2.32. The number of aliphatic hydroxyl groups is 1. The largest absolute Gasteiger partial charge is 0.389 e. The molecule has 3 rings (SSSR count). The first-order valence-electron chi connectivity index (χ1n) is 8.76. The molecule has 1 aliphatic carbocycles. The second kappa shape index (κ2) is 7.66. The maximum absolute atomic E-state index is 12.0. The lowest BCUT2D eigenvalue weighted by atomic mass is 9.97. The van der Waals surface area contributed by atoms with Crippen LogP contribution in [0.4, 0.5) is 0 Å². The van der Waals surface area contributed by atoms with Crippen molar-refractivity contribution in [3.05, 3.63) is 70.1 Å². The topological polar surface area (TPSA) is 71.3 Å². The minimum atomic E-state index is -0.809. The molecule has 0 aliphatic heterocycles. The van der Waals surface area contributed by atoms with Gasteiger partial charge in [-0.2, -0.15) is 0 Å². The van der Waals surface area contributed by atoms with Gasteiger partial charge in [-0.25, -0.2) is 0 Å². The van der Waals surface area contributed by atoms with Crippen LogP contribution in [-0.2, 0) is 17.9 Å². The Morgan fingerprint density at radius 2 is 1.76 bits per heavy atom. The average molecular weight is 340 g/mol. The van der Waals surface area contributed by atoms with Crippen LogP contribution in [0.15, 0.2) is 53.5 Å². The molecule has 1 fully saturated rings. The second-order valence-corrected chi connectivity index (χ2v) is 6.87. The average Bonchev–Trinajstić information content (AvgIpc) is 3.02. The fourth-order valence-corrected chi connectivity index (χ4v) is 3.32. The number of aromatic nitrogens is 1. The van der Waals surface area contributed by atoms with Crippen LogP contribution >= 0.6 is 0 Å². The summed E-state index contributed by atoms with van der Waals surface area (Å²) in [6.45, 7) is 0.972. The molecule has 1 amide bonds. The van der Waals surface area contributed by atoms with E-state index in [4.69, 9.17) is 0 Å². The second-order valence-electron chi connectivity index (χ2n) is 6.87. The molecular weight excluding hydrogens is 316 g/mol. The highest BCUT2D eigenvalue weighted by atomic mass is 16.3. The number of carbonyl (C=O) groups is 1. The molecule has 0 saturated heterocycles. The van der Waals surface area contributed by atoms with Gasteiger partial charge in [-0.05, 0) is 30.0 Å². The zero-order valence-corrected chi connectivity index (χ0v) is 14.3. The fraction of sp³-hybridized carbons (Fsp3) is 0.400. The first-order chi connectivity index (χ1) is 12.0. The van der Waals surface area contributed by atoms with Crippen LogP contribution in [0.3, 0.4) is 0 Å². The Morgan fingerprint density at radius 3 is 2.44 bits per heavy atom. The van der Waals surface area contributed by atoms with E-state index in [2.05, 4.69) is 5.32 Å². The normalized spacial score (nSPS) is 15.9. The van der Waals surface area contributed by atoms with E-state index in [0.29, 0.717) is 25.9 Å². The van der Waals surface area contributed by atoms with Crippen LogP contribution in [0.1, 0.15) is 43.2 Å². The van der Waals surface area contributed by atoms with Gasteiger partial charge in [0, 0.05) is 18.8 Å². The molecule has 1 saturated carbocycles. The van der Waals surface area contributed by atoms with E-state index in [1.54, 1.807) is 22.9 Å². The Hall–Kier alpha value is -2.40. The van der Waals surface area contributed by atoms with Crippen molar-refractivity contribution >= 4 is 5.91 Å². The molecular formula is C20H24N2O3. The molecule has 1 aliphatic rings. The molecule has 5 heteroatoms. The Morgan fingerprint density at radius 1 is 1.08 bits per heavy atom. The maximum Gasteiger partial charge on any atom is 0.250 e. The van der Waals surface area contributed by atoms with Crippen molar-refractivity contribution in [1.82, 2.24) is 9.88 Å². The third-order valence-corrected chi connectivity index (χ3v) is 4.79. The molecule has 0 unspecified atom stereocenters. The van der Waals surface area contributed by atoms with Crippen LogP contribution in [0, 0.1) is 0 Å². The molecule has 1 heterocycles. The zero-order chi connectivity index (χ0) is 17.7. The molecule has 2 aromatic rings. The molecule has 132 valence electrons. The SMILES string of the molecule is O=C(CC1(O)CCCC1)NCc1ccc(Cn2ccccc2=O)cc1. The van der Waals surface area contributed by atoms with Gasteiger partial charge in [-0.15, -0.1) is 0 Å². The summed E-state index contributed by atoms with van der Waals surface area (Å²) in [6, 6.07) is 12.9. The maximum atomic E-state index is 12.0. The lowest BCUT2D eigenvalue weighted by molar-refractivity contribution is -0.126. The van der Waals surface area contributed by atoms with Crippen LogP contribution in [0.25, 0.3) is 0 Å². The Bertz CT molecular complexity index is 774. The monoisotopic (exact) mass is 340 g/mol. The molecule has 1 aromatic carbocycles. The number of hydrogen-bond donors (Lipinski definition) is 2. The molecule has 0 spiro atoms. The number of rotatable bonds is 6. The summed E-state index contributed by atoms with van der Waals surface area (Å²) >= 11 is 0. The number of amides is 1. The van der Waals surface area contributed by atoms with Crippen molar-refractivity contribution in [2.24, 2.45) is 0 Å². The van der Waals surface area contributed by atoms with E-state index in [1.165, 1.54) is 0 Å². The number of nitrogens with zero attached hydrogens (tertiary/aromatic N) is 1. The minimum absolute atomic E-state index is 0.0244. The molecule has 0 radical (unpaired) electrons. The van der Waals surface area contributed by atoms with Crippen molar-refractivity contribution in [2.45, 2.75) is 50.8 Å². The fourth-order valence-electron chi connectivity index (χ4n) is 3.32. The molecule has 0 bridgehead atoms. The van der Waals surface area contributed by atoms with E-state index in [-0.39, 0.29) is 17.9 Å². The van der Waals surface area contributed by atoms with E-state index in [9.17, 15) is 14.7 Å². The third-order valence-electron chi connectivity index (χ3n) is 4.79. The van der Waals surface area contributed by atoms with Crippen LogP contribution in [-0.4, -0.2) is 21.2 Å². The minimum Gasteiger partial charge on any atom is -0.389 e. The highest BCUT2D eigenvalue weighted by Gasteiger charge is 2.33. The van der Waals surface area contributed by atoms with Gasteiger partial charge in [-0.1, -0.05) is 43.2 Å². The lowest BCUT2D eigenvalue weighted by Gasteiger charge is -2.21. The summed E-state index contributed by atoms with van der Waals surface area (Å²) in [7, 11) is 0. The van der Waals surface area contributed by atoms with Crippen LogP contribution in [0.2, 0.25) is 0 Å². The summed E-state index contributed by atoms with van der Waals surface area (Å²) < 4.78 is 1.65. The smallest absolute Gasteiger partial charge is 0.250 e. The molecule has 1 aromatic heterocycles. The van der Waals surface area contributed by atoms with Crippen molar-refractivity contribution in [3.8, 4) is 0 Å². The van der Waals surface area contributed by atoms with Gasteiger partial charge >= 0.3 is 0 Å². The predicted octanol–water partition coefficient (Wildman–Crippen LogP) is 2.21. The quantitative estimate of drug-likeness (QED) is 0.847. The first kappa shape index (κ1) is 17.4. The lowest BCUT2D eigenvalue weighted by Crippen LogP contribution is -2.34. The molecule has 2 N–H and O–H groups in total. The Balaban J connectivity index is 1.51. The third kappa shape index (κ3) is 4.79. The van der Waals surface area contributed by atoms with Crippen LogP contribution < -0.4 is 10.9 Å². The Labute approximate surface area is 147 Å². The summed E-state index contributed by atoms with van der Waals surface area (Å²) in [5.41, 5.74) is 1.19. The molecule has 5 nitrogen and oxygen atoms in total. The highest BCUT2D eigenvalue weighted by molar-refractivity contribution is 5.77. The van der Waals surface area contributed by atoms with E-state index in [1.807, 2.05) is 30.3 Å². The number of pyridine rings is 1. The molecule has 0 atom stereocenters. The number of nitrogens with one attached hydrogen (secondary N) is 1. The number of carbonyl (C=O) groups excluding carboxylic acids is 1. The van der Waals surface area contributed by atoms with Gasteiger partial charge in [0.15, 0.2) is 0 Å². The van der Waals surface area contributed by atoms with E-state index >= 15 is 0 Å². The summed E-state index contributed by atoms with van der Waals surface area (Å²) in [5.74, 6) is -0.107. The van der Waals surface area contributed by atoms with E-state index < -0.39 is 5.60 Å². The van der Waals surface area contributed by atoms with Gasteiger partial charge in [-0.3, -0.25) is 9.59 Å². The summed E-state index contributed by atoms with van der Waals surface area (Å²) in [5, 5.41) is 13.1. The van der Waals surface area contributed by atoms with Gasteiger partial charge in [0.05, 0.1) is 18.6 Å². The van der Waals surface area contributed by atoms with Gasteiger partial charge in [0.2, 0.25) is 5.91 Å². The van der Waals surface area contributed by atoms with Crippen molar-refractivity contribution in [2.75, 3.05) is 0 Å². The van der Waals surface area contributed by atoms with Gasteiger partial charge < -0.3 is 15.0 Å². The standard InChI is InChI=1S/C20H24N2O3/c23-18(13-20(25)10-2-3-11-20)21-14-16-6-8-17(9-7-16)15-22-12-4-1-5-19(22)24/h1,4-9,12,25H,2-3,10-11,13-15H2,(H,21,23). The van der Waals surface area contributed by atoms with Gasteiger partial charge in [0.1, 0.15) is 0 Å². The Kier molecular flexibility index (Phi) is 5.34. The predicted molar refractivity (Wildman–Crippen MR) is 96.1 cm³/mol. The van der Waals surface area contributed by atoms with Crippen molar-refractivity contribution in [3.63, 3.8) is 0 Å². The van der Waals surface area contributed by atoms with E-state index in [0.717, 1.165) is 24.0 Å². The van der Waals surface area contributed by atoms with Crippen molar-refractivity contribution < 1.29 is 9.90 Å². The van der Waals surface area contributed by atoms with Gasteiger partial charge in [0.25, 0.3) is 5.56 Å². The zero-order valence-electron chi connectivity index (χ0n) is 14.3. The molecule has 25 heavy (non-hydrogen) atoms. The first-order valence-corrected chi connectivity index (χ1v) is 8.76. The number of hydrogen-bond acceptors (Lipinski definition) is 3. The summed E-state index contributed by atoms with van der Waals surface area (Å²) in [4.78, 5) is 23.7. The van der Waals surface area contributed by atoms with Crippen molar-refractivity contribution in [1.29, 1.82) is 0 Å². The van der Waals surface area contributed by atoms with Crippen LogP contribution in [0.5, 0.6) is 0 Å².